The number of para-hydroxylation sites is 1. The number of carbonyl (C=O) groups excluding carboxylic acids is 1. The summed E-state index contributed by atoms with van der Waals surface area (Å²) in [6.07, 6.45) is 2.16. The fourth-order valence-electron chi connectivity index (χ4n) is 2.85. The van der Waals surface area contributed by atoms with Gasteiger partial charge in [-0.15, -0.1) is 0 Å². The van der Waals surface area contributed by atoms with Crippen LogP contribution in [-0.2, 0) is 4.74 Å². The van der Waals surface area contributed by atoms with Crippen molar-refractivity contribution in [2.24, 2.45) is 0 Å². The normalized spacial score (nSPS) is 16.5. The SMILES string of the molecule is COc1ccc(C)cc1NC(=O)c1ccccc1OC[C@@H]1CCCO1. The molecule has 1 saturated heterocycles. The summed E-state index contributed by atoms with van der Waals surface area (Å²) >= 11 is 0. The van der Waals surface area contributed by atoms with E-state index in [1.165, 1.54) is 0 Å². The van der Waals surface area contributed by atoms with E-state index in [1.807, 2.05) is 37.3 Å². The molecule has 1 amide bonds. The van der Waals surface area contributed by atoms with Crippen molar-refractivity contribution in [3.63, 3.8) is 0 Å². The summed E-state index contributed by atoms with van der Waals surface area (Å²) in [5, 5.41) is 2.91. The minimum Gasteiger partial charge on any atom is -0.495 e. The summed E-state index contributed by atoms with van der Waals surface area (Å²) in [5.74, 6) is 0.950. The van der Waals surface area contributed by atoms with Crippen molar-refractivity contribution in [2.45, 2.75) is 25.9 Å². The fourth-order valence-corrected chi connectivity index (χ4v) is 2.85. The van der Waals surface area contributed by atoms with Gasteiger partial charge in [0.2, 0.25) is 0 Å². The van der Waals surface area contributed by atoms with Gasteiger partial charge in [0.05, 0.1) is 24.5 Å². The number of carbonyl (C=O) groups is 1. The highest BCUT2D eigenvalue weighted by atomic mass is 16.5. The van der Waals surface area contributed by atoms with Crippen molar-refractivity contribution < 1.29 is 19.0 Å². The van der Waals surface area contributed by atoms with Crippen LogP contribution in [0, 0.1) is 6.92 Å². The number of methoxy groups -OCH3 is 1. The molecule has 1 aliphatic rings. The molecule has 3 rings (SSSR count). The number of ether oxygens (including phenoxy) is 3. The maximum absolute atomic E-state index is 12.7. The Kier molecular flexibility index (Phi) is 5.56. The molecule has 1 atom stereocenters. The van der Waals surface area contributed by atoms with Gasteiger partial charge in [-0.3, -0.25) is 4.79 Å². The van der Waals surface area contributed by atoms with E-state index in [0.717, 1.165) is 25.0 Å². The molecular formula is C20H23NO4. The van der Waals surface area contributed by atoms with Crippen LogP contribution in [0.2, 0.25) is 0 Å². The van der Waals surface area contributed by atoms with E-state index in [-0.39, 0.29) is 12.0 Å². The Morgan fingerprint density at radius 2 is 2.08 bits per heavy atom. The van der Waals surface area contributed by atoms with E-state index in [9.17, 15) is 4.79 Å². The molecule has 2 aromatic rings. The van der Waals surface area contributed by atoms with E-state index in [2.05, 4.69) is 5.32 Å². The summed E-state index contributed by atoms with van der Waals surface area (Å²) < 4.78 is 16.7. The number of aryl methyl sites for hydroxylation is 1. The Bertz CT molecular complexity index is 738. The summed E-state index contributed by atoms with van der Waals surface area (Å²) in [7, 11) is 1.58. The molecule has 0 aliphatic carbocycles. The van der Waals surface area contributed by atoms with Crippen molar-refractivity contribution in [3.05, 3.63) is 53.6 Å². The lowest BCUT2D eigenvalue weighted by Gasteiger charge is -2.15. The van der Waals surface area contributed by atoms with Crippen molar-refractivity contribution >= 4 is 11.6 Å². The van der Waals surface area contributed by atoms with Gasteiger partial charge in [0.15, 0.2) is 0 Å². The van der Waals surface area contributed by atoms with E-state index in [1.54, 1.807) is 19.2 Å². The first kappa shape index (κ1) is 17.3. The van der Waals surface area contributed by atoms with Gasteiger partial charge in [0.25, 0.3) is 5.91 Å². The van der Waals surface area contributed by atoms with Crippen LogP contribution >= 0.6 is 0 Å². The zero-order valence-corrected chi connectivity index (χ0v) is 14.6. The quantitative estimate of drug-likeness (QED) is 0.868. The molecule has 132 valence electrons. The first-order valence-corrected chi connectivity index (χ1v) is 8.47. The van der Waals surface area contributed by atoms with Crippen LogP contribution in [0.3, 0.4) is 0 Å². The molecule has 0 bridgehead atoms. The lowest BCUT2D eigenvalue weighted by molar-refractivity contribution is 0.0673. The zero-order valence-electron chi connectivity index (χ0n) is 14.6. The van der Waals surface area contributed by atoms with Crippen LogP contribution in [0.25, 0.3) is 0 Å². The first-order valence-electron chi connectivity index (χ1n) is 8.47. The highest BCUT2D eigenvalue weighted by molar-refractivity contribution is 6.06. The number of amides is 1. The average molecular weight is 341 g/mol. The second-order valence-corrected chi connectivity index (χ2v) is 6.10. The summed E-state index contributed by atoms with van der Waals surface area (Å²) in [4.78, 5) is 12.7. The molecule has 0 unspecified atom stereocenters. The van der Waals surface area contributed by atoms with E-state index in [0.29, 0.717) is 29.4 Å². The fraction of sp³-hybridized carbons (Fsp3) is 0.350. The van der Waals surface area contributed by atoms with E-state index >= 15 is 0 Å². The molecule has 1 heterocycles. The number of rotatable bonds is 6. The van der Waals surface area contributed by atoms with Gasteiger partial charge in [-0.2, -0.15) is 0 Å². The van der Waals surface area contributed by atoms with Gasteiger partial charge in [-0.05, 0) is 49.6 Å². The maximum atomic E-state index is 12.7. The zero-order chi connectivity index (χ0) is 17.6. The number of anilines is 1. The average Bonchev–Trinajstić information content (AvgIpc) is 3.14. The third kappa shape index (κ3) is 4.31. The summed E-state index contributed by atoms with van der Waals surface area (Å²) in [5.41, 5.74) is 2.17. The Hall–Kier alpha value is -2.53. The van der Waals surface area contributed by atoms with Gasteiger partial charge in [-0.1, -0.05) is 18.2 Å². The molecule has 0 spiro atoms. The maximum Gasteiger partial charge on any atom is 0.259 e. The van der Waals surface area contributed by atoms with Crippen molar-refractivity contribution in [1.82, 2.24) is 0 Å². The monoisotopic (exact) mass is 341 g/mol. The Labute approximate surface area is 147 Å². The Balaban J connectivity index is 1.74. The molecule has 0 radical (unpaired) electrons. The van der Waals surface area contributed by atoms with Crippen LogP contribution in [-0.4, -0.2) is 32.3 Å². The smallest absolute Gasteiger partial charge is 0.259 e. The molecule has 1 fully saturated rings. The van der Waals surface area contributed by atoms with Crippen molar-refractivity contribution in [1.29, 1.82) is 0 Å². The molecule has 5 heteroatoms. The van der Waals surface area contributed by atoms with Gasteiger partial charge < -0.3 is 19.5 Å². The molecule has 1 aliphatic heterocycles. The number of nitrogens with one attached hydrogen (secondary N) is 1. The molecular weight excluding hydrogens is 318 g/mol. The second kappa shape index (κ2) is 8.03. The van der Waals surface area contributed by atoms with Crippen molar-refractivity contribution in [3.8, 4) is 11.5 Å². The number of hydrogen-bond donors (Lipinski definition) is 1. The molecule has 0 saturated carbocycles. The first-order chi connectivity index (χ1) is 12.2. The van der Waals surface area contributed by atoms with Gasteiger partial charge in [0, 0.05) is 6.61 Å². The third-order valence-corrected chi connectivity index (χ3v) is 4.18. The number of hydrogen-bond acceptors (Lipinski definition) is 4. The predicted octanol–water partition coefficient (Wildman–Crippen LogP) is 3.81. The highest BCUT2D eigenvalue weighted by Crippen LogP contribution is 2.27. The molecule has 0 aromatic heterocycles. The lowest BCUT2D eigenvalue weighted by atomic mass is 10.1. The molecule has 2 aromatic carbocycles. The van der Waals surface area contributed by atoms with Crippen LogP contribution in [0.5, 0.6) is 11.5 Å². The Morgan fingerprint density at radius 3 is 2.84 bits per heavy atom. The largest absolute Gasteiger partial charge is 0.495 e. The molecule has 1 N–H and O–H groups in total. The predicted molar refractivity (Wildman–Crippen MR) is 96.6 cm³/mol. The topological polar surface area (TPSA) is 56.8 Å². The molecule has 5 nitrogen and oxygen atoms in total. The Morgan fingerprint density at radius 1 is 1.24 bits per heavy atom. The summed E-state index contributed by atoms with van der Waals surface area (Å²) in [6, 6.07) is 12.9. The second-order valence-electron chi connectivity index (χ2n) is 6.10. The molecule has 25 heavy (non-hydrogen) atoms. The van der Waals surface area contributed by atoms with Crippen LogP contribution in [0.1, 0.15) is 28.8 Å². The highest BCUT2D eigenvalue weighted by Gasteiger charge is 2.19. The van der Waals surface area contributed by atoms with Gasteiger partial charge in [-0.25, -0.2) is 0 Å². The van der Waals surface area contributed by atoms with Crippen LogP contribution < -0.4 is 14.8 Å². The van der Waals surface area contributed by atoms with Crippen molar-refractivity contribution in [2.75, 3.05) is 25.6 Å². The minimum atomic E-state index is -0.230. The van der Waals surface area contributed by atoms with Crippen LogP contribution in [0.15, 0.2) is 42.5 Å². The number of benzene rings is 2. The minimum absolute atomic E-state index is 0.105. The van der Waals surface area contributed by atoms with E-state index in [4.69, 9.17) is 14.2 Å². The lowest BCUT2D eigenvalue weighted by Crippen LogP contribution is -2.19. The van der Waals surface area contributed by atoms with E-state index < -0.39 is 0 Å². The van der Waals surface area contributed by atoms with Gasteiger partial charge in [0.1, 0.15) is 18.1 Å². The summed E-state index contributed by atoms with van der Waals surface area (Å²) in [6.45, 7) is 3.20. The third-order valence-electron chi connectivity index (χ3n) is 4.18. The van der Waals surface area contributed by atoms with Crippen LogP contribution in [0.4, 0.5) is 5.69 Å². The standard InChI is InChI=1S/C20H23NO4/c1-14-9-10-19(23-2)17(12-14)21-20(22)16-7-3-4-8-18(16)25-13-15-6-5-11-24-15/h3-4,7-10,12,15H,5-6,11,13H2,1-2H3,(H,21,22)/t15-/m0/s1. The van der Waals surface area contributed by atoms with Gasteiger partial charge >= 0.3 is 0 Å².